The zero-order valence-electron chi connectivity index (χ0n) is 17.8. The Balaban J connectivity index is 1.84. The molecule has 1 amide bonds. The van der Waals surface area contributed by atoms with E-state index in [-0.39, 0.29) is 11.9 Å². The smallest absolute Gasteiger partial charge is 0.261 e. The number of nitrogens with one attached hydrogen (secondary N) is 1. The van der Waals surface area contributed by atoms with Crippen molar-refractivity contribution in [2.45, 2.75) is 46.8 Å². The van der Waals surface area contributed by atoms with Crippen LogP contribution in [-0.4, -0.2) is 12.0 Å². The van der Waals surface area contributed by atoms with Crippen LogP contribution in [0.4, 0.5) is 0 Å². The van der Waals surface area contributed by atoms with E-state index >= 15 is 0 Å². The van der Waals surface area contributed by atoms with E-state index in [1.54, 1.807) is 6.92 Å². The lowest BCUT2D eigenvalue weighted by atomic mass is 9.95. The van der Waals surface area contributed by atoms with Crippen molar-refractivity contribution in [1.29, 1.82) is 0 Å². The van der Waals surface area contributed by atoms with Crippen molar-refractivity contribution >= 4 is 5.91 Å². The molecule has 3 aromatic carbocycles. The topological polar surface area (TPSA) is 38.3 Å². The van der Waals surface area contributed by atoms with E-state index in [1.165, 1.54) is 0 Å². The minimum Gasteiger partial charge on any atom is -0.481 e. The van der Waals surface area contributed by atoms with Gasteiger partial charge in [0, 0.05) is 0 Å². The fourth-order valence-electron chi connectivity index (χ4n) is 3.52. The van der Waals surface area contributed by atoms with Gasteiger partial charge in [-0.3, -0.25) is 4.79 Å². The minimum absolute atomic E-state index is 0.138. The molecule has 0 saturated heterocycles. The normalized spacial score (nSPS) is 12.9. The van der Waals surface area contributed by atoms with Crippen molar-refractivity contribution in [3.05, 3.63) is 100 Å². The lowest BCUT2D eigenvalue weighted by Gasteiger charge is -2.24. The maximum Gasteiger partial charge on any atom is 0.261 e. The average Bonchev–Trinajstić information content (AvgIpc) is 2.71. The van der Waals surface area contributed by atoms with Gasteiger partial charge in [0.1, 0.15) is 5.75 Å². The first-order chi connectivity index (χ1) is 13.9. The van der Waals surface area contributed by atoms with Crippen LogP contribution in [0.3, 0.4) is 0 Å². The molecule has 2 atom stereocenters. The highest BCUT2D eigenvalue weighted by Crippen LogP contribution is 2.27. The summed E-state index contributed by atoms with van der Waals surface area (Å²) in [7, 11) is 0. The lowest BCUT2D eigenvalue weighted by molar-refractivity contribution is -0.127. The number of ether oxygens (including phenoxy) is 1. The molecule has 29 heavy (non-hydrogen) atoms. The van der Waals surface area contributed by atoms with Gasteiger partial charge in [0.25, 0.3) is 5.91 Å². The Morgan fingerprint density at radius 3 is 2.21 bits per heavy atom. The molecule has 3 rings (SSSR count). The molecule has 1 N–H and O–H groups in total. The van der Waals surface area contributed by atoms with E-state index in [2.05, 4.69) is 37.4 Å². The van der Waals surface area contributed by atoms with Gasteiger partial charge in [-0.1, -0.05) is 60.7 Å². The number of carbonyl (C=O) groups excluding carboxylic acids is 1. The van der Waals surface area contributed by atoms with E-state index in [1.807, 2.05) is 62.4 Å². The predicted molar refractivity (Wildman–Crippen MR) is 118 cm³/mol. The van der Waals surface area contributed by atoms with Crippen molar-refractivity contribution < 1.29 is 9.53 Å². The SMILES string of the molecule is Cc1cc(C)c(C)c(O[C@@H](C)C(=O)N[C@@H](c2ccccc2)c2ccccc2C)c1. The molecule has 0 aliphatic carbocycles. The number of hydrogen-bond acceptors (Lipinski definition) is 2. The number of amides is 1. The van der Waals surface area contributed by atoms with Crippen LogP contribution in [0.25, 0.3) is 0 Å². The standard InChI is InChI=1S/C26H29NO2/c1-17-15-19(3)20(4)24(16-17)29-21(5)26(28)27-25(22-12-7-6-8-13-22)23-14-10-9-11-18(23)2/h6-16,21,25H,1-5H3,(H,27,28)/t21-,25-/m0/s1. The lowest BCUT2D eigenvalue weighted by Crippen LogP contribution is -2.39. The number of benzene rings is 3. The number of carbonyl (C=O) groups is 1. The van der Waals surface area contributed by atoms with Crippen molar-refractivity contribution in [3.63, 3.8) is 0 Å². The van der Waals surface area contributed by atoms with Gasteiger partial charge in [-0.05, 0) is 74.1 Å². The third-order valence-corrected chi connectivity index (χ3v) is 5.36. The largest absolute Gasteiger partial charge is 0.481 e. The number of rotatable bonds is 6. The van der Waals surface area contributed by atoms with Gasteiger partial charge in [-0.15, -0.1) is 0 Å². The van der Waals surface area contributed by atoms with E-state index in [0.29, 0.717) is 0 Å². The second-order valence-corrected chi connectivity index (χ2v) is 7.67. The van der Waals surface area contributed by atoms with Crippen molar-refractivity contribution in [3.8, 4) is 5.75 Å². The summed E-state index contributed by atoms with van der Waals surface area (Å²) in [4.78, 5) is 13.1. The van der Waals surface area contributed by atoms with E-state index in [4.69, 9.17) is 4.74 Å². The molecule has 0 aromatic heterocycles. The predicted octanol–water partition coefficient (Wildman–Crippen LogP) is 5.59. The van der Waals surface area contributed by atoms with Crippen LogP contribution < -0.4 is 10.1 Å². The highest BCUT2D eigenvalue weighted by molar-refractivity contribution is 5.81. The molecule has 0 radical (unpaired) electrons. The van der Waals surface area contributed by atoms with Crippen LogP contribution >= 0.6 is 0 Å². The molecular formula is C26H29NO2. The summed E-state index contributed by atoms with van der Waals surface area (Å²) in [6.07, 6.45) is -0.606. The van der Waals surface area contributed by atoms with E-state index in [0.717, 1.165) is 39.1 Å². The summed E-state index contributed by atoms with van der Waals surface area (Å²) >= 11 is 0. The molecule has 0 saturated carbocycles. The minimum atomic E-state index is -0.606. The third-order valence-electron chi connectivity index (χ3n) is 5.36. The molecule has 0 heterocycles. The van der Waals surface area contributed by atoms with Gasteiger partial charge < -0.3 is 10.1 Å². The Morgan fingerprint density at radius 1 is 0.862 bits per heavy atom. The van der Waals surface area contributed by atoms with E-state index in [9.17, 15) is 4.79 Å². The van der Waals surface area contributed by atoms with E-state index < -0.39 is 6.10 Å². The number of aryl methyl sites for hydroxylation is 3. The summed E-state index contributed by atoms with van der Waals surface area (Å²) in [5.41, 5.74) is 6.62. The Hall–Kier alpha value is -3.07. The fraction of sp³-hybridized carbons (Fsp3) is 0.269. The zero-order valence-corrected chi connectivity index (χ0v) is 17.8. The molecule has 0 spiro atoms. The quantitative estimate of drug-likeness (QED) is 0.598. The molecular weight excluding hydrogens is 358 g/mol. The molecule has 0 fully saturated rings. The Bertz CT molecular complexity index is 995. The zero-order chi connectivity index (χ0) is 21.0. The van der Waals surface area contributed by atoms with Crippen molar-refractivity contribution in [1.82, 2.24) is 5.32 Å². The highest BCUT2D eigenvalue weighted by atomic mass is 16.5. The fourth-order valence-corrected chi connectivity index (χ4v) is 3.52. The summed E-state index contributed by atoms with van der Waals surface area (Å²) in [5, 5.41) is 3.20. The average molecular weight is 388 g/mol. The van der Waals surface area contributed by atoms with Crippen LogP contribution in [0.2, 0.25) is 0 Å². The first kappa shape index (κ1) is 20.7. The molecule has 0 bridgehead atoms. The molecule has 0 unspecified atom stereocenters. The van der Waals surface area contributed by atoms with Crippen LogP contribution in [0, 0.1) is 27.7 Å². The first-order valence-electron chi connectivity index (χ1n) is 10.0. The summed E-state index contributed by atoms with van der Waals surface area (Å²) in [5.74, 6) is 0.623. The maximum absolute atomic E-state index is 13.1. The second kappa shape index (κ2) is 8.95. The second-order valence-electron chi connectivity index (χ2n) is 7.67. The molecule has 3 nitrogen and oxygen atoms in total. The van der Waals surface area contributed by atoms with Gasteiger partial charge >= 0.3 is 0 Å². The monoisotopic (exact) mass is 387 g/mol. The first-order valence-corrected chi connectivity index (χ1v) is 10.0. The van der Waals surface area contributed by atoms with Gasteiger partial charge in [0.05, 0.1) is 6.04 Å². The summed E-state index contributed by atoms with van der Waals surface area (Å²) < 4.78 is 6.06. The van der Waals surface area contributed by atoms with Gasteiger partial charge in [-0.2, -0.15) is 0 Å². The van der Waals surface area contributed by atoms with Crippen molar-refractivity contribution in [2.75, 3.05) is 0 Å². The van der Waals surface area contributed by atoms with Crippen LogP contribution in [-0.2, 0) is 4.79 Å². The summed E-state index contributed by atoms with van der Waals surface area (Å²) in [6, 6.07) is 22.1. The Labute approximate surface area is 173 Å². The van der Waals surface area contributed by atoms with Crippen LogP contribution in [0.1, 0.15) is 46.3 Å². The molecule has 3 heteroatoms. The summed E-state index contributed by atoms with van der Waals surface area (Å²) in [6.45, 7) is 9.98. The van der Waals surface area contributed by atoms with Gasteiger partial charge in [0.2, 0.25) is 0 Å². The third kappa shape index (κ3) is 4.86. The molecule has 0 aliphatic heterocycles. The van der Waals surface area contributed by atoms with Crippen molar-refractivity contribution in [2.24, 2.45) is 0 Å². The van der Waals surface area contributed by atoms with Gasteiger partial charge in [-0.25, -0.2) is 0 Å². The molecule has 3 aromatic rings. The Kier molecular flexibility index (Phi) is 6.38. The Morgan fingerprint density at radius 2 is 1.52 bits per heavy atom. The molecule has 150 valence electrons. The van der Waals surface area contributed by atoms with Gasteiger partial charge in [0.15, 0.2) is 6.10 Å². The maximum atomic E-state index is 13.1. The van der Waals surface area contributed by atoms with Crippen LogP contribution in [0.5, 0.6) is 5.75 Å². The highest BCUT2D eigenvalue weighted by Gasteiger charge is 2.23. The number of hydrogen-bond donors (Lipinski definition) is 1. The molecule has 0 aliphatic rings. The van der Waals surface area contributed by atoms with Crippen LogP contribution in [0.15, 0.2) is 66.7 Å².